The van der Waals surface area contributed by atoms with Gasteiger partial charge in [0.2, 0.25) is 0 Å². The van der Waals surface area contributed by atoms with Crippen LogP contribution in [0.3, 0.4) is 0 Å². The van der Waals surface area contributed by atoms with Crippen LogP contribution in [0.4, 0.5) is 0 Å². The summed E-state index contributed by atoms with van der Waals surface area (Å²) >= 11 is 3.38. The Bertz CT molecular complexity index is 422. The first-order valence-electron chi connectivity index (χ1n) is 6.68. The van der Waals surface area contributed by atoms with Gasteiger partial charge in [0.15, 0.2) is 0 Å². The van der Waals surface area contributed by atoms with Gasteiger partial charge in [-0.15, -0.1) is 0 Å². The molecule has 0 aromatic carbocycles. The van der Waals surface area contributed by atoms with Crippen molar-refractivity contribution in [1.82, 2.24) is 9.88 Å². The van der Waals surface area contributed by atoms with Gasteiger partial charge in [0, 0.05) is 23.8 Å². The molecule has 0 spiro atoms. The van der Waals surface area contributed by atoms with E-state index >= 15 is 0 Å². The molecule has 1 atom stereocenters. The number of rotatable bonds is 4. The molecule has 4 nitrogen and oxygen atoms in total. The lowest BCUT2D eigenvalue weighted by Crippen LogP contribution is -2.39. The number of esters is 1. The highest BCUT2D eigenvalue weighted by Gasteiger charge is 2.26. The molecule has 1 fully saturated rings. The minimum absolute atomic E-state index is 0.0177. The van der Waals surface area contributed by atoms with Gasteiger partial charge in [-0.3, -0.25) is 14.7 Å². The summed E-state index contributed by atoms with van der Waals surface area (Å²) in [6.07, 6.45) is 3.78. The van der Waals surface area contributed by atoms with Gasteiger partial charge >= 0.3 is 5.97 Å². The van der Waals surface area contributed by atoms with Crippen LogP contribution in [0, 0.1) is 5.92 Å². The van der Waals surface area contributed by atoms with Crippen LogP contribution in [0.15, 0.2) is 22.8 Å². The Labute approximate surface area is 122 Å². The molecule has 5 heteroatoms. The third-order valence-electron chi connectivity index (χ3n) is 3.30. The molecule has 1 aromatic rings. The van der Waals surface area contributed by atoms with Crippen LogP contribution in [0.2, 0.25) is 0 Å². The number of carbonyl (C=O) groups is 1. The van der Waals surface area contributed by atoms with Gasteiger partial charge in [0.05, 0.1) is 18.2 Å². The molecular weight excluding hydrogens is 308 g/mol. The lowest BCUT2D eigenvalue weighted by Gasteiger charge is -2.31. The predicted octanol–water partition coefficient (Wildman–Crippen LogP) is 2.62. The van der Waals surface area contributed by atoms with Crippen molar-refractivity contribution in [2.75, 3.05) is 19.7 Å². The number of hydrogen-bond donors (Lipinski definition) is 0. The van der Waals surface area contributed by atoms with Crippen LogP contribution < -0.4 is 0 Å². The topological polar surface area (TPSA) is 42.4 Å². The van der Waals surface area contributed by atoms with E-state index in [1.165, 1.54) is 0 Å². The van der Waals surface area contributed by atoms with Crippen LogP contribution in [-0.2, 0) is 16.1 Å². The van der Waals surface area contributed by atoms with Crippen molar-refractivity contribution in [2.24, 2.45) is 5.92 Å². The zero-order valence-electron chi connectivity index (χ0n) is 11.1. The standard InChI is InChI=1S/C14H19BrN2O2/c1-2-19-14(18)11-4-3-7-17(9-11)10-13-6-5-12(15)8-16-13/h5-6,8,11H,2-4,7,9-10H2,1H3/t11-/m0/s1. The Hall–Kier alpha value is -0.940. The minimum atomic E-state index is -0.0593. The summed E-state index contributed by atoms with van der Waals surface area (Å²) in [5, 5.41) is 0. The van der Waals surface area contributed by atoms with Crippen molar-refractivity contribution in [3.8, 4) is 0 Å². The molecule has 1 aromatic heterocycles. The molecule has 104 valence electrons. The highest BCUT2D eigenvalue weighted by molar-refractivity contribution is 9.10. The third kappa shape index (κ3) is 4.28. The van der Waals surface area contributed by atoms with E-state index in [1.807, 2.05) is 25.3 Å². The zero-order chi connectivity index (χ0) is 13.7. The molecule has 1 saturated heterocycles. The number of halogens is 1. The molecule has 0 saturated carbocycles. The average molecular weight is 327 g/mol. The fourth-order valence-corrected chi connectivity index (χ4v) is 2.62. The Kier molecular flexibility index (Phi) is 5.34. The van der Waals surface area contributed by atoms with Crippen LogP contribution in [-0.4, -0.2) is 35.5 Å². The van der Waals surface area contributed by atoms with Crippen LogP contribution in [0.1, 0.15) is 25.5 Å². The first-order chi connectivity index (χ1) is 9.19. The summed E-state index contributed by atoms with van der Waals surface area (Å²) in [6, 6.07) is 4.01. The number of carbonyl (C=O) groups excluding carboxylic acids is 1. The summed E-state index contributed by atoms with van der Waals surface area (Å²) in [6.45, 7) is 4.90. The Morgan fingerprint density at radius 2 is 2.42 bits per heavy atom. The average Bonchev–Trinajstić information content (AvgIpc) is 2.42. The fourth-order valence-electron chi connectivity index (χ4n) is 2.38. The number of likely N-dealkylation sites (tertiary alicyclic amines) is 1. The van der Waals surface area contributed by atoms with E-state index in [0.29, 0.717) is 6.61 Å². The van der Waals surface area contributed by atoms with E-state index in [2.05, 4.69) is 25.8 Å². The molecule has 0 amide bonds. The molecular formula is C14H19BrN2O2. The molecule has 0 radical (unpaired) electrons. The van der Waals surface area contributed by atoms with Crippen molar-refractivity contribution in [1.29, 1.82) is 0 Å². The summed E-state index contributed by atoms with van der Waals surface area (Å²) in [7, 11) is 0. The highest BCUT2D eigenvalue weighted by atomic mass is 79.9. The molecule has 0 N–H and O–H groups in total. The lowest BCUT2D eigenvalue weighted by atomic mass is 9.98. The van der Waals surface area contributed by atoms with Crippen molar-refractivity contribution < 1.29 is 9.53 Å². The number of pyridine rings is 1. The monoisotopic (exact) mass is 326 g/mol. The van der Waals surface area contributed by atoms with Crippen LogP contribution in [0.25, 0.3) is 0 Å². The molecule has 2 rings (SSSR count). The minimum Gasteiger partial charge on any atom is -0.466 e. The van der Waals surface area contributed by atoms with Crippen molar-refractivity contribution in [3.63, 3.8) is 0 Å². The molecule has 0 aliphatic carbocycles. The molecule has 0 unspecified atom stereocenters. The van der Waals surface area contributed by atoms with Crippen molar-refractivity contribution in [2.45, 2.75) is 26.3 Å². The van der Waals surface area contributed by atoms with E-state index < -0.39 is 0 Å². The van der Waals surface area contributed by atoms with Gasteiger partial charge in [-0.25, -0.2) is 0 Å². The molecule has 1 aliphatic rings. The van der Waals surface area contributed by atoms with E-state index in [9.17, 15) is 4.79 Å². The predicted molar refractivity (Wildman–Crippen MR) is 76.6 cm³/mol. The Morgan fingerprint density at radius 1 is 1.58 bits per heavy atom. The smallest absolute Gasteiger partial charge is 0.310 e. The molecule has 2 heterocycles. The summed E-state index contributed by atoms with van der Waals surface area (Å²) in [5.41, 5.74) is 1.03. The Balaban J connectivity index is 1.90. The maximum atomic E-state index is 11.8. The van der Waals surface area contributed by atoms with Crippen LogP contribution in [0.5, 0.6) is 0 Å². The van der Waals surface area contributed by atoms with Gasteiger partial charge < -0.3 is 4.74 Å². The number of aromatic nitrogens is 1. The van der Waals surface area contributed by atoms with Gasteiger partial charge in [-0.1, -0.05) is 0 Å². The van der Waals surface area contributed by atoms with E-state index in [1.54, 1.807) is 0 Å². The maximum Gasteiger partial charge on any atom is 0.310 e. The number of ether oxygens (including phenoxy) is 1. The fraction of sp³-hybridized carbons (Fsp3) is 0.571. The summed E-state index contributed by atoms with van der Waals surface area (Å²) < 4.78 is 6.09. The van der Waals surface area contributed by atoms with Gasteiger partial charge in [0.1, 0.15) is 0 Å². The summed E-state index contributed by atoms with van der Waals surface area (Å²) in [4.78, 5) is 18.4. The van der Waals surface area contributed by atoms with Crippen molar-refractivity contribution >= 4 is 21.9 Å². The zero-order valence-corrected chi connectivity index (χ0v) is 12.7. The highest BCUT2D eigenvalue weighted by Crippen LogP contribution is 2.19. The van der Waals surface area contributed by atoms with Crippen LogP contribution >= 0.6 is 15.9 Å². The Morgan fingerprint density at radius 3 is 3.11 bits per heavy atom. The molecule has 1 aliphatic heterocycles. The van der Waals surface area contributed by atoms with E-state index in [-0.39, 0.29) is 11.9 Å². The largest absolute Gasteiger partial charge is 0.466 e. The number of nitrogens with zero attached hydrogens (tertiary/aromatic N) is 2. The van der Waals surface area contributed by atoms with Gasteiger partial charge in [-0.2, -0.15) is 0 Å². The molecule has 19 heavy (non-hydrogen) atoms. The number of piperidine rings is 1. The van der Waals surface area contributed by atoms with E-state index in [0.717, 1.165) is 42.6 Å². The van der Waals surface area contributed by atoms with E-state index in [4.69, 9.17) is 4.74 Å². The summed E-state index contributed by atoms with van der Waals surface area (Å²) in [5.74, 6) is -0.0416. The lowest BCUT2D eigenvalue weighted by molar-refractivity contribution is -0.150. The molecule has 0 bridgehead atoms. The quantitative estimate of drug-likeness (QED) is 0.798. The number of hydrogen-bond acceptors (Lipinski definition) is 4. The second-order valence-corrected chi connectivity index (χ2v) is 5.71. The second kappa shape index (κ2) is 7.01. The SMILES string of the molecule is CCOC(=O)[C@H]1CCCN(Cc2ccc(Br)cn2)C1. The second-order valence-electron chi connectivity index (χ2n) is 4.79. The first kappa shape index (κ1) is 14.5. The third-order valence-corrected chi connectivity index (χ3v) is 3.77. The maximum absolute atomic E-state index is 11.8. The first-order valence-corrected chi connectivity index (χ1v) is 7.47. The van der Waals surface area contributed by atoms with Gasteiger partial charge in [-0.05, 0) is 54.4 Å². The van der Waals surface area contributed by atoms with Gasteiger partial charge in [0.25, 0.3) is 0 Å². The normalized spacial score (nSPS) is 20.2. The van der Waals surface area contributed by atoms with Crippen molar-refractivity contribution in [3.05, 3.63) is 28.5 Å².